The van der Waals surface area contributed by atoms with E-state index in [4.69, 9.17) is 4.74 Å². The second-order valence-corrected chi connectivity index (χ2v) is 6.68. The van der Waals surface area contributed by atoms with Crippen LogP contribution >= 0.6 is 0 Å². The van der Waals surface area contributed by atoms with Gasteiger partial charge in [-0.05, 0) is 25.3 Å². The lowest BCUT2D eigenvalue weighted by Crippen LogP contribution is -2.40. The predicted octanol–water partition coefficient (Wildman–Crippen LogP) is 1.46. The summed E-state index contributed by atoms with van der Waals surface area (Å²) >= 11 is 0. The molecule has 1 saturated carbocycles. The number of ether oxygens (including phenoxy) is 1. The number of hydrogen-bond donors (Lipinski definition) is 0. The third-order valence-electron chi connectivity index (χ3n) is 4.99. The molecule has 0 radical (unpaired) electrons. The summed E-state index contributed by atoms with van der Waals surface area (Å²) in [7, 11) is 3.66. The number of rotatable bonds is 6. The Bertz CT molecular complexity index is 698. The van der Waals surface area contributed by atoms with Crippen LogP contribution in [-0.2, 0) is 13.6 Å². The molecule has 7 heteroatoms. The summed E-state index contributed by atoms with van der Waals surface area (Å²) in [6.07, 6.45) is 7.15. The van der Waals surface area contributed by atoms with Crippen LogP contribution in [0.5, 0.6) is 5.88 Å². The van der Waals surface area contributed by atoms with Crippen LogP contribution in [0.1, 0.15) is 25.0 Å². The molecule has 0 aromatic carbocycles. The average molecular weight is 328 g/mol. The molecule has 2 aliphatic rings. The van der Waals surface area contributed by atoms with Crippen LogP contribution in [0.25, 0.3) is 0 Å². The Morgan fingerprint density at radius 2 is 2.12 bits per heavy atom. The number of nitrogens with zero attached hydrogens (tertiary/aromatic N) is 6. The number of aryl methyl sites for hydroxylation is 1. The van der Waals surface area contributed by atoms with Crippen molar-refractivity contribution in [3.8, 4) is 5.88 Å². The van der Waals surface area contributed by atoms with Gasteiger partial charge in [-0.25, -0.2) is 9.97 Å². The molecule has 2 aromatic rings. The third kappa shape index (κ3) is 3.08. The maximum atomic E-state index is 5.27. The lowest BCUT2D eigenvalue weighted by Gasteiger charge is -2.30. The lowest BCUT2D eigenvalue weighted by atomic mass is 10.2. The minimum absolute atomic E-state index is 0.505. The molecule has 1 unspecified atom stereocenters. The van der Waals surface area contributed by atoms with Crippen LogP contribution in [0, 0.1) is 0 Å². The molecule has 1 aliphatic heterocycles. The number of methoxy groups -OCH3 is 1. The monoisotopic (exact) mass is 328 g/mol. The SMILES string of the molecule is COc1cc(N(C2CC2)C2CCN(Cc3ccnn3C)C2)ncn1. The first-order chi connectivity index (χ1) is 11.7. The van der Waals surface area contributed by atoms with Gasteiger partial charge in [-0.3, -0.25) is 9.58 Å². The molecule has 0 bridgehead atoms. The van der Waals surface area contributed by atoms with Gasteiger partial charge in [0.2, 0.25) is 5.88 Å². The number of likely N-dealkylation sites (tertiary alicyclic amines) is 1. The molecule has 1 atom stereocenters. The van der Waals surface area contributed by atoms with Crippen molar-refractivity contribution < 1.29 is 4.74 Å². The molecular weight excluding hydrogens is 304 g/mol. The first kappa shape index (κ1) is 15.4. The van der Waals surface area contributed by atoms with Crippen molar-refractivity contribution in [3.63, 3.8) is 0 Å². The van der Waals surface area contributed by atoms with E-state index in [2.05, 4.69) is 30.9 Å². The van der Waals surface area contributed by atoms with Gasteiger partial charge in [0.1, 0.15) is 12.1 Å². The van der Waals surface area contributed by atoms with E-state index in [9.17, 15) is 0 Å². The van der Waals surface area contributed by atoms with Crippen molar-refractivity contribution in [2.75, 3.05) is 25.1 Å². The fraction of sp³-hybridized carbons (Fsp3) is 0.588. The maximum absolute atomic E-state index is 5.27. The summed E-state index contributed by atoms with van der Waals surface area (Å²) in [5.41, 5.74) is 1.26. The molecule has 0 amide bonds. The van der Waals surface area contributed by atoms with Gasteiger partial charge in [-0.2, -0.15) is 5.10 Å². The molecule has 2 fully saturated rings. The Morgan fingerprint density at radius 3 is 2.83 bits per heavy atom. The summed E-state index contributed by atoms with van der Waals surface area (Å²) in [4.78, 5) is 13.7. The van der Waals surface area contributed by atoms with Crippen LogP contribution < -0.4 is 9.64 Å². The molecule has 7 nitrogen and oxygen atoms in total. The van der Waals surface area contributed by atoms with Crippen molar-refractivity contribution in [1.82, 2.24) is 24.6 Å². The van der Waals surface area contributed by atoms with E-state index in [1.807, 2.05) is 24.0 Å². The zero-order chi connectivity index (χ0) is 16.5. The lowest BCUT2D eigenvalue weighted by molar-refractivity contribution is 0.315. The molecule has 4 rings (SSSR count). The van der Waals surface area contributed by atoms with Gasteiger partial charge in [0.25, 0.3) is 0 Å². The van der Waals surface area contributed by atoms with E-state index in [0.717, 1.165) is 25.5 Å². The summed E-state index contributed by atoms with van der Waals surface area (Å²) in [6.45, 7) is 3.13. The minimum Gasteiger partial charge on any atom is -0.481 e. The number of anilines is 1. The highest BCUT2D eigenvalue weighted by atomic mass is 16.5. The highest BCUT2D eigenvalue weighted by Gasteiger charge is 2.38. The first-order valence-corrected chi connectivity index (χ1v) is 8.58. The maximum Gasteiger partial charge on any atom is 0.218 e. The van der Waals surface area contributed by atoms with Gasteiger partial charge in [-0.15, -0.1) is 0 Å². The zero-order valence-electron chi connectivity index (χ0n) is 14.3. The summed E-state index contributed by atoms with van der Waals surface area (Å²) < 4.78 is 7.23. The molecule has 128 valence electrons. The van der Waals surface area contributed by atoms with E-state index >= 15 is 0 Å². The second kappa shape index (κ2) is 6.39. The Hall–Kier alpha value is -2.15. The van der Waals surface area contributed by atoms with Crippen molar-refractivity contribution in [1.29, 1.82) is 0 Å². The van der Waals surface area contributed by atoms with E-state index in [0.29, 0.717) is 18.0 Å². The van der Waals surface area contributed by atoms with Crippen LogP contribution in [0.4, 0.5) is 5.82 Å². The zero-order valence-corrected chi connectivity index (χ0v) is 14.3. The second-order valence-electron chi connectivity index (χ2n) is 6.68. The van der Waals surface area contributed by atoms with Gasteiger partial charge < -0.3 is 9.64 Å². The van der Waals surface area contributed by atoms with Gasteiger partial charge in [0.15, 0.2) is 0 Å². The fourth-order valence-electron chi connectivity index (χ4n) is 3.58. The van der Waals surface area contributed by atoms with Gasteiger partial charge in [0.05, 0.1) is 12.8 Å². The van der Waals surface area contributed by atoms with Gasteiger partial charge in [0, 0.05) is 51.0 Å². The van der Waals surface area contributed by atoms with Crippen molar-refractivity contribution in [2.45, 2.75) is 37.9 Å². The summed E-state index contributed by atoms with van der Waals surface area (Å²) in [6, 6.07) is 5.18. The van der Waals surface area contributed by atoms with E-state index < -0.39 is 0 Å². The van der Waals surface area contributed by atoms with E-state index in [1.165, 1.54) is 25.0 Å². The van der Waals surface area contributed by atoms with Crippen LogP contribution in [0.2, 0.25) is 0 Å². The molecule has 0 spiro atoms. The topological polar surface area (TPSA) is 59.3 Å². The molecule has 2 aromatic heterocycles. The summed E-state index contributed by atoms with van der Waals surface area (Å²) in [5.74, 6) is 1.63. The first-order valence-electron chi connectivity index (χ1n) is 8.58. The van der Waals surface area contributed by atoms with Gasteiger partial charge >= 0.3 is 0 Å². The molecule has 1 saturated heterocycles. The largest absolute Gasteiger partial charge is 0.481 e. The van der Waals surface area contributed by atoms with Crippen molar-refractivity contribution in [2.24, 2.45) is 7.05 Å². The van der Waals surface area contributed by atoms with Gasteiger partial charge in [-0.1, -0.05) is 0 Å². The van der Waals surface area contributed by atoms with Crippen LogP contribution in [0.3, 0.4) is 0 Å². The Labute approximate surface area is 142 Å². The normalized spacial score (nSPS) is 21.2. The molecule has 24 heavy (non-hydrogen) atoms. The number of aromatic nitrogens is 4. The Balaban J connectivity index is 1.48. The van der Waals surface area contributed by atoms with E-state index in [1.54, 1.807) is 13.4 Å². The molecule has 3 heterocycles. The highest BCUT2D eigenvalue weighted by molar-refractivity contribution is 5.45. The fourth-order valence-corrected chi connectivity index (χ4v) is 3.58. The smallest absolute Gasteiger partial charge is 0.218 e. The van der Waals surface area contributed by atoms with Crippen LogP contribution in [0.15, 0.2) is 24.7 Å². The van der Waals surface area contributed by atoms with Crippen molar-refractivity contribution in [3.05, 3.63) is 30.4 Å². The molecule has 0 N–H and O–H groups in total. The quantitative estimate of drug-likeness (QED) is 0.800. The summed E-state index contributed by atoms with van der Waals surface area (Å²) in [5, 5.41) is 4.27. The molecule has 1 aliphatic carbocycles. The Kier molecular flexibility index (Phi) is 4.10. The number of hydrogen-bond acceptors (Lipinski definition) is 6. The highest BCUT2D eigenvalue weighted by Crippen LogP contribution is 2.35. The standard InChI is InChI=1S/C17H24N6O/c1-21-14(5-7-20-21)10-22-8-6-15(11-22)23(13-3-4-13)16-9-17(24-2)19-12-18-16/h5,7,9,12-13,15H,3-4,6,8,10-11H2,1-2H3. The predicted molar refractivity (Wildman–Crippen MR) is 91.0 cm³/mol. The van der Waals surface area contributed by atoms with E-state index in [-0.39, 0.29) is 0 Å². The average Bonchev–Trinajstić information content (AvgIpc) is 3.19. The van der Waals surface area contributed by atoms with Crippen molar-refractivity contribution >= 4 is 5.82 Å². The third-order valence-corrected chi connectivity index (χ3v) is 4.99. The minimum atomic E-state index is 0.505. The van der Waals surface area contributed by atoms with Crippen LogP contribution in [-0.4, -0.2) is 56.9 Å². The Morgan fingerprint density at radius 1 is 1.25 bits per heavy atom. The molecular formula is C17H24N6O.